The summed E-state index contributed by atoms with van der Waals surface area (Å²) in [5.74, 6) is 1.26. The van der Waals surface area contributed by atoms with Crippen LogP contribution in [0.4, 0.5) is 16.4 Å². The summed E-state index contributed by atoms with van der Waals surface area (Å²) in [6, 6.07) is 10.1. The minimum absolute atomic E-state index is 0.405. The van der Waals surface area contributed by atoms with Gasteiger partial charge in [-0.15, -0.1) is 0 Å². The monoisotopic (exact) mass is 424 g/mol. The van der Waals surface area contributed by atoms with E-state index >= 15 is 0 Å². The van der Waals surface area contributed by atoms with Crippen molar-refractivity contribution in [2.45, 2.75) is 32.4 Å². The topological polar surface area (TPSA) is 115 Å². The molecule has 9 nitrogen and oxygen atoms in total. The van der Waals surface area contributed by atoms with Crippen molar-refractivity contribution < 1.29 is 14.6 Å². The normalized spacial score (nSPS) is 15.7. The van der Waals surface area contributed by atoms with Gasteiger partial charge in [0.25, 0.3) is 0 Å². The molecule has 1 aliphatic heterocycles. The summed E-state index contributed by atoms with van der Waals surface area (Å²) in [5.41, 5.74) is 1.23. The lowest BCUT2D eigenvalue weighted by molar-refractivity contribution is 0.0415. The molecular formula is C22H28N6O3. The number of aromatic nitrogens is 3. The average Bonchev–Trinajstić information content (AvgIpc) is 3.17. The van der Waals surface area contributed by atoms with Crippen molar-refractivity contribution >= 4 is 28.6 Å². The first-order valence-electron chi connectivity index (χ1n) is 10.4. The Balaban J connectivity index is 1.53. The summed E-state index contributed by atoms with van der Waals surface area (Å²) < 4.78 is 5.42. The predicted molar refractivity (Wildman–Crippen MR) is 119 cm³/mol. The van der Waals surface area contributed by atoms with Crippen LogP contribution < -0.4 is 15.5 Å². The number of aliphatic hydroxyl groups is 1. The van der Waals surface area contributed by atoms with Crippen LogP contribution in [0.15, 0.2) is 36.4 Å². The summed E-state index contributed by atoms with van der Waals surface area (Å²) in [5, 5.41) is 24.7. The number of urea groups is 1. The number of carbonyl (C=O) groups is 1. The Morgan fingerprint density at radius 3 is 2.65 bits per heavy atom. The number of fused-ring (bicyclic) bond motifs is 1. The van der Waals surface area contributed by atoms with E-state index in [-0.39, 0.29) is 0 Å². The van der Waals surface area contributed by atoms with E-state index in [1.54, 1.807) is 19.9 Å². The third-order valence-corrected chi connectivity index (χ3v) is 5.37. The second-order valence-electron chi connectivity index (χ2n) is 8.26. The highest BCUT2D eigenvalue weighted by Gasteiger charge is 2.30. The Morgan fingerprint density at radius 2 is 1.97 bits per heavy atom. The van der Waals surface area contributed by atoms with Gasteiger partial charge < -0.3 is 20.1 Å². The van der Waals surface area contributed by atoms with Crippen molar-refractivity contribution in [2.75, 3.05) is 36.5 Å². The molecule has 0 spiro atoms. The minimum atomic E-state index is -1.15. The molecule has 1 aliphatic rings. The smallest absolute Gasteiger partial charge is 0.320 e. The molecule has 3 aromatic rings. The van der Waals surface area contributed by atoms with Crippen molar-refractivity contribution in [3.05, 3.63) is 47.7 Å². The molecule has 1 saturated heterocycles. The number of hydrogen-bond donors (Lipinski definition) is 4. The van der Waals surface area contributed by atoms with E-state index < -0.39 is 17.7 Å². The minimum Gasteiger partial charge on any atom is -0.388 e. The zero-order chi connectivity index (χ0) is 22.0. The van der Waals surface area contributed by atoms with Crippen LogP contribution in [0.1, 0.15) is 31.1 Å². The Kier molecular flexibility index (Phi) is 5.79. The Bertz CT molecular complexity index is 1050. The maximum Gasteiger partial charge on any atom is 0.320 e. The van der Waals surface area contributed by atoms with Crippen LogP contribution in [0.5, 0.6) is 0 Å². The van der Waals surface area contributed by atoms with Gasteiger partial charge >= 0.3 is 6.03 Å². The largest absolute Gasteiger partial charge is 0.388 e. The number of benzene rings is 1. The predicted octanol–water partition coefficient (Wildman–Crippen LogP) is 2.74. The van der Waals surface area contributed by atoms with Crippen LogP contribution in [0.2, 0.25) is 0 Å². The standard InChI is InChI=1S/C22H28N6O3/c1-14-18-16(26-27-20(18)28-9-11-31-12-10-28)13-17(23-14)24-21(29)25-19(22(2,3)30)15-7-5-4-6-8-15/h4-8,13,19,30H,9-12H2,1-3H3,(H,26,27)(H2,23,24,25,29). The number of aryl methyl sites for hydroxylation is 1. The highest BCUT2D eigenvalue weighted by Crippen LogP contribution is 2.29. The van der Waals surface area contributed by atoms with Crippen LogP contribution in [0.3, 0.4) is 0 Å². The summed E-state index contributed by atoms with van der Waals surface area (Å²) in [7, 11) is 0. The summed E-state index contributed by atoms with van der Waals surface area (Å²) in [6.07, 6.45) is 0. The number of rotatable bonds is 5. The number of amides is 2. The van der Waals surface area contributed by atoms with Crippen molar-refractivity contribution in [2.24, 2.45) is 0 Å². The average molecular weight is 425 g/mol. The molecule has 164 valence electrons. The maximum absolute atomic E-state index is 12.7. The van der Waals surface area contributed by atoms with E-state index in [2.05, 4.69) is 30.7 Å². The van der Waals surface area contributed by atoms with Gasteiger partial charge in [0.1, 0.15) is 5.82 Å². The van der Waals surface area contributed by atoms with Crippen LogP contribution in [-0.4, -0.2) is 58.2 Å². The lowest BCUT2D eigenvalue weighted by atomic mass is 9.92. The van der Waals surface area contributed by atoms with Gasteiger partial charge in [0.05, 0.1) is 41.5 Å². The second-order valence-corrected chi connectivity index (χ2v) is 8.26. The number of nitrogens with zero attached hydrogens (tertiary/aromatic N) is 3. The van der Waals surface area contributed by atoms with Crippen molar-refractivity contribution in [1.29, 1.82) is 0 Å². The molecule has 3 heterocycles. The summed E-state index contributed by atoms with van der Waals surface area (Å²) in [4.78, 5) is 19.5. The zero-order valence-electron chi connectivity index (χ0n) is 18.0. The van der Waals surface area contributed by atoms with Crippen LogP contribution in [0, 0.1) is 6.92 Å². The maximum atomic E-state index is 12.7. The lowest BCUT2D eigenvalue weighted by Crippen LogP contribution is -2.43. The lowest BCUT2D eigenvalue weighted by Gasteiger charge is -2.30. The molecule has 2 amide bonds. The summed E-state index contributed by atoms with van der Waals surface area (Å²) in [6.45, 7) is 8.12. The molecule has 1 aromatic carbocycles. The van der Waals surface area contributed by atoms with Crippen LogP contribution in [0.25, 0.3) is 10.9 Å². The van der Waals surface area contributed by atoms with Gasteiger partial charge in [-0.3, -0.25) is 10.4 Å². The molecule has 9 heteroatoms. The van der Waals surface area contributed by atoms with Crippen molar-refractivity contribution in [1.82, 2.24) is 20.5 Å². The molecule has 4 N–H and O–H groups in total. The SMILES string of the molecule is Cc1nc(NC(=O)NC(c2ccccc2)C(C)(C)O)cc2[nH]nc(N3CCOCC3)c12. The number of ether oxygens (including phenoxy) is 1. The van der Waals surface area contributed by atoms with E-state index in [1.807, 2.05) is 37.3 Å². The van der Waals surface area contributed by atoms with Gasteiger partial charge in [-0.2, -0.15) is 5.10 Å². The number of nitrogens with one attached hydrogen (secondary N) is 3. The number of H-pyrrole nitrogens is 1. The molecule has 1 atom stereocenters. The fourth-order valence-corrected chi connectivity index (χ4v) is 3.88. The van der Waals surface area contributed by atoms with E-state index in [0.717, 1.165) is 41.1 Å². The molecule has 0 radical (unpaired) electrons. The Morgan fingerprint density at radius 1 is 1.26 bits per heavy atom. The second kappa shape index (κ2) is 8.52. The van der Waals surface area contributed by atoms with Gasteiger partial charge in [0.15, 0.2) is 5.82 Å². The molecule has 0 saturated carbocycles. The zero-order valence-corrected chi connectivity index (χ0v) is 18.0. The highest BCUT2D eigenvalue weighted by molar-refractivity contribution is 5.96. The van der Waals surface area contributed by atoms with Gasteiger partial charge in [0, 0.05) is 19.2 Å². The van der Waals surface area contributed by atoms with E-state index in [0.29, 0.717) is 19.0 Å². The number of hydrogen-bond acceptors (Lipinski definition) is 6. The number of pyridine rings is 1. The van der Waals surface area contributed by atoms with E-state index in [4.69, 9.17) is 4.74 Å². The van der Waals surface area contributed by atoms with Crippen LogP contribution in [-0.2, 0) is 4.74 Å². The van der Waals surface area contributed by atoms with Gasteiger partial charge in [-0.1, -0.05) is 30.3 Å². The first-order chi connectivity index (χ1) is 14.8. The number of morpholine rings is 1. The third-order valence-electron chi connectivity index (χ3n) is 5.37. The Labute approximate surface area is 180 Å². The summed E-state index contributed by atoms with van der Waals surface area (Å²) >= 11 is 0. The van der Waals surface area contributed by atoms with Gasteiger partial charge in [0.2, 0.25) is 0 Å². The van der Waals surface area contributed by atoms with Gasteiger partial charge in [-0.25, -0.2) is 9.78 Å². The molecule has 1 unspecified atom stereocenters. The molecule has 0 aliphatic carbocycles. The number of aromatic amines is 1. The fraction of sp³-hybridized carbons (Fsp3) is 0.409. The molecule has 0 bridgehead atoms. The van der Waals surface area contributed by atoms with E-state index in [9.17, 15) is 9.90 Å². The molecule has 2 aromatic heterocycles. The molecule has 1 fully saturated rings. The van der Waals surface area contributed by atoms with Gasteiger partial charge in [-0.05, 0) is 26.3 Å². The first kappa shape index (κ1) is 21.1. The quantitative estimate of drug-likeness (QED) is 0.501. The van der Waals surface area contributed by atoms with Crippen molar-refractivity contribution in [3.8, 4) is 0 Å². The van der Waals surface area contributed by atoms with Crippen LogP contribution >= 0.6 is 0 Å². The first-order valence-corrected chi connectivity index (χ1v) is 10.4. The fourth-order valence-electron chi connectivity index (χ4n) is 3.88. The van der Waals surface area contributed by atoms with Crippen molar-refractivity contribution in [3.63, 3.8) is 0 Å². The number of anilines is 2. The molecule has 31 heavy (non-hydrogen) atoms. The highest BCUT2D eigenvalue weighted by atomic mass is 16.5. The number of carbonyl (C=O) groups excluding carboxylic acids is 1. The Hall–Kier alpha value is -3.17. The van der Waals surface area contributed by atoms with E-state index in [1.165, 1.54) is 0 Å². The third kappa shape index (κ3) is 4.62. The molecular weight excluding hydrogens is 396 g/mol. The molecule has 4 rings (SSSR count).